The lowest BCUT2D eigenvalue weighted by Crippen LogP contribution is -2.41. The number of hydrogen-bond acceptors (Lipinski definition) is 3. The van der Waals surface area contributed by atoms with Crippen molar-refractivity contribution in [2.24, 2.45) is 11.3 Å². The fourth-order valence-corrected chi connectivity index (χ4v) is 2.78. The van der Waals surface area contributed by atoms with Crippen molar-refractivity contribution in [1.82, 2.24) is 0 Å². The Morgan fingerprint density at radius 3 is 2.70 bits per heavy atom. The Morgan fingerprint density at radius 2 is 2.10 bits per heavy atom. The number of benzene rings is 1. The monoisotopic (exact) mass is 272 g/mol. The molecule has 1 aromatic carbocycles. The van der Waals surface area contributed by atoms with E-state index >= 15 is 0 Å². The van der Waals surface area contributed by atoms with Crippen molar-refractivity contribution in [3.63, 3.8) is 0 Å². The molecule has 0 bridgehead atoms. The number of rotatable bonds is 4. The van der Waals surface area contributed by atoms with E-state index in [-0.39, 0.29) is 0 Å². The van der Waals surface area contributed by atoms with E-state index in [0.717, 1.165) is 12.8 Å². The Balaban J connectivity index is 2.10. The maximum Gasteiger partial charge on any atom is 0.311 e. The number of hydrogen-bond donors (Lipinski definition) is 2. The number of carboxylic acids is 1. The number of nitrogens with zero attached hydrogens (tertiary/aromatic N) is 1. The van der Waals surface area contributed by atoms with Crippen LogP contribution in [0.25, 0.3) is 0 Å². The van der Waals surface area contributed by atoms with E-state index in [1.54, 1.807) is 12.1 Å². The van der Waals surface area contributed by atoms with Gasteiger partial charge >= 0.3 is 5.97 Å². The van der Waals surface area contributed by atoms with Crippen LogP contribution >= 0.6 is 0 Å². The summed E-state index contributed by atoms with van der Waals surface area (Å²) in [6, 6.07) is 9.33. The van der Waals surface area contributed by atoms with E-state index < -0.39 is 11.4 Å². The van der Waals surface area contributed by atoms with E-state index in [9.17, 15) is 9.90 Å². The van der Waals surface area contributed by atoms with E-state index in [1.807, 2.05) is 12.1 Å². The van der Waals surface area contributed by atoms with Gasteiger partial charge in [0.05, 0.1) is 16.7 Å². The van der Waals surface area contributed by atoms with E-state index in [2.05, 4.69) is 18.3 Å². The maximum atomic E-state index is 11.7. The molecule has 0 amide bonds. The van der Waals surface area contributed by atoms with Crippen molar-refractivity contribution in [3.8, 4) is 6.07 Å². The molecule has 4 heteroatoms. The van der Waals surface area contributed by atoms with Crippen LogP contribution in [0.3, 0.4) is 0 Å². The summed E-state index contributed by atoms with van der Waals surface area (Å²) in [5.74, 6) is -0.125. The zero-order chi connectivity index (χ0) is 14.6. The molecule has 1 aromatic rings. The molecule has 20 heavy (non-hydrogen) atoms. The first kappa shape index (κ1) is 14.4. The average Bonchev–Trinajstić information content (AvgIpc) is 2.47. The Labute approximate surface area is 119 Å². The van der Waals surface area contributed by atoms with Gasteiger partial charge in [-0.25, -0.2) is 0 Å². The highest BCUT2D eigenvalue weighted by atomic mass is 16.4. The SMILES string of the molecule is CC1CCC(CNc2ccccc2C#N)(C(=O)O)CC1. The normalized spacial score (nSPS) is 25.7. The molecule has 1 aliphatic carbocycles. The van der Waals surface area contributed by atoms with Gasteiger partial charge in [0.1, 0.15) is 6.07 Å². The van der Waals surface area contributed by atoms with Crippen LogP contribution in [0.1, 0.15) is 38.2 Å². The first-order valence-corrected chi connectivity index (χ1v) is 7.04. The Kier molecular flexibility index (Phi) is 4.29. The van der Waals surface area contributed by atoms with Crippen molar-refractivity contribution >= 4 is 11.7 Å². The minimum Gasteiger partial charge on any atom is -0.481 e. The van der Waals surface area contributed by atoms with Gasteiger partial charge < -0.3 is 10.4 Å². The first-order valence-electron chi connectivity index (χ1n) is 7.04. The van der Waals surface area contributed by atoms with Crippen molar-refractivity contribution in [2.45, 2.75) is 32.6 Å². The zero-order valence-electron chi connectivity index (χ0n) is 11.7. The summed E-state index contributed by atoms with van der Waals surface area (Å²) >= 11 is 0. The van der Waals surface area contributed by atoms with E-state index in [1.165, 1.54) is 0 Å². The van der Waals surface area contributed by atoms with Gasteiger partial charge in [-0.15, -0.1) is 0 Å². The molecule has 0 heterocycles. The lowest BCUT2D eigenvalue weighted by atomic mass is 9.70. The standard InChI is InChI=1S/C16H20N2O2/c1-12-6-8-16(9-7-12,15(19)20)11-18-14-5-3-2-4-13(14)10-17/h2-5,12,18H,6-9,11H2,1H3,(H,19,20). The van der Waals surface area contributed by atoms with Gasteiger partial charge in [0.25, 0.3) is 0 Å². The van der Waals surface area contributed by atoms with Crippen LogP contribution < -0.4 is 5.32 Å². The van der Waals surface area contributed by atoms with Gasteiger partial charge in [-0.1, -0.05) is 19.1 Å². The summed E-state index contributed by atoms with van der Waals surface area (Å²) < 4.78 is 0. The maximum absolute atomic E-state index is 11.7. The number of carbonyl (C=O) groups is 1. The van der Waals surface area contributed by atoms with Crippen molar-refractivity contribution in [1.29, 1.82) is 5.26 Å². The highest BCUT2D eigenvalue weighted by Gasteiger charge is 2.41. The molecule has 2 N–H and O–H groups in total. The highest BCUT2D eigenvalue weighted by molar-refractivity contribution is 5.76. The van der Waals surface area contributed by atoms with Crippen LogP contribution in [-0.4, -0.2) is 17.6 Å². The second-order valence-corrected chi connectivity index (χ2v) is 5.78. The van der Waals surface area contributed by atoms with Crippen molar-refractivity contribution < 1.29 is 9.90 Å². The van der Waals surface area contributed by atoms with Gasteiger partial charge in [0, 0.05) is 6.54 Å². The fraction of sp³-hybridized carbons (Fsp3) is 0.500. The largest absolute Gasteiger partial charge is 0.481 e. The number of nitrogens with one attached hydrogen (secondary N) is 1. The Bertz CT molecular complexity index is 526. The molecule has 1 fully saturated rings. The molecule has 0 unspecified atom stereocenters. The molecule has 0 spiro atoms. The molecule has 4 nitrogen and oxygen atoms in total. The summed E-state index contributed by atoms with van der Waals surface area (Å²) in [6.07, 6.45) is 3.30. The van der Waals surface area contributed by atoms with Gasteiger partial charge in [-0.05, 0) is 43.7 Å². The topological polar surface area (TPSA) is 73.1 Å². The molecule has 2 rings (SSSR count). The van der Waals surface area contributed by atoms with Gasteiger partial charge in [0.2, 0.25) is 0 Å². The van der Waals surface area contributed by atoms with Crippen LogP contribution in [0.5, 0.6) is 0 Å². The Morgan fingerprint density at radius 1 is 1.45 bits per heavy atom. The number of carboxylic acid groups (broad SMARTS) is 1. The number of anilines is 1. The van der Waals surface area contributed by atoms with Gasteiger partial charge in [-0.3, -0.25) is 4.79 Å². The number of aliphatic carboxylic acids is 1. The third-order valence-electron chi connectivity index (χ3n) is 4.35. The third-order valence-corrected chi connectivity index (χ3v) is 4.35. The molecule has 0 aliphatic heterocycles. The predicted molar refractivity (Wildman–Crippen MR) is 77.3 cm³/mol. The summed E-state index contributed by atoms with van der Waals surface area (Å²) in [7, 11) is 0. The lowest BCUT2D eigenvalue weighted by Gasteiger charge is -2.36. The summed E-state index contributed by atoms with van der Waals surface area (Å²) in [5, 5.41) is 21.8. The van der Waals surface area contributed by atoms with Crippen LogP contribution in [0.15, 0.2) is 24.3 Å². The molecule has 0 saturated heterocycles. The molecule has 0 atom stereocenters. The highest BCUT2D eigenvalue weighted by Crippen LogP contribution is 2.39. The fourth-order valence-electron chi connectivity index (χ4n) is 2.78. The average molecular weight is 272 g/mol. The molecule has 106 valence electrons. The van der Waals surface area contributed by atoms with E-state index in [4.69, 9.17) is 5.26 Å². The number of para-hydroxylation sites is 1. The summed E-state index contributed by atoms with van der Waals surface area (Å²) in [6.45, 7) is 2.55. The second-order valence-electron chi connectivity index (χ2n) is 5.78. The van der Waals surface area contributed by atoms with E-state index in [0.29, 0.717) is 36.6 Å². The molecular weight excluding hydrogens is 252 g/mol. The molecule has 0 radical (unpaired) electrons. The minimum atomic E-state index is -0.730. The molecular formula is C16H20N2O2. The minimum absolute atomic E-state index is 0.383. The van der Waals surface area contributed by atoms with Crippen molar-refractivity contribution in [2.75, 3.05) is 11.9 Å². The lowest BCUT2D eigenvalue weighted by molar-refractivity contribution is -0.150. The summed E-state index contributed by atoms with van der Waals surface area (Å²) in [4.78, 5) is 11.7. The molecule has 1 aliphatic rings. The second kappa shape index (κ2) is 5.96. The third kappa shape index (κ3) is 2.93. The van der Waals surface area contributed by atoms with Gasteiger partial charge in [-0.2, -0.15) is 5.26 Å². The van der Waals surface area contributed by atoms with Crippen LogP contribution in [-0.2, 0) is 4.79 Å². The predicted octanol–water partition coefficient (Wildman–Crippen LogP) is 3.25. The zero-order valence-corrected chi connectivity index (χ0v) is 11.7. The van der Waals surface area contributed by atoms with Crippen molar-refractivity contribution in [3.05, 3.63) is 29.8 Å². The van der Waals surface area contributed by atoms with Crippen LogP contribution in [0.2, 0.25) is 0 Å². The quantitative estimate of drug-likeness (QED) is 0.882. The van der Waals surface area contributed by atoms with Crippen LogP contribution in [0.4, 0.5) is 5.69 Å². The van der Waals surface area contributed by atoms with Gasteiger partial charge in [0.15, 0.2) is 0 Å². The first-order chi connectivity index (χ1) is 9.57. The van der Waals surface area contributed by atoms with Crippen LogP contribution in [0, 0.1) is 22.7 Å². The smallest absolute Gasteiger partial charge is 0.311 e. The summed E-state index contributed by atoms with van der Waals surface area (Å²) in [5.41, 5.74) is 0.571. The molecule has 1 saturated carbocycles. The molecule has 0 aromatic heterocycles. The Hall–Kier alpha value is -2.02. The number of nitriles is 1.